The van der Waals surface area contributed by atoms with E-state index in [1.165, 1.54) is 36.5 Å². The van der Waals surface area contributed by atoms with Gasteiger partial charge in [0.15, 0.2) is 0 Å². The summed E-state index contributed by atoms with van der Waals surface area (Å²) in [4.78, 5) is 0. The number of fused-ring (bicyclic) bond motifs is 1. The lowest BCUT2D eigenvalue weighted by molar-refractivity contribution is 0.0532. The molecule has 0 amide bonds. The average Bonchev–Trinajstić information content (AvgIpc) is 2.82. The second kappa shape index (κ2) is 2.96. The summed E-state index contributed by atoms with van der Waals surface area (Å²) in [6.45, 7) is 2.04. The van der Waals surface area contributed by atoms with Crippen LogP contribution in [0.4, 0.5) is 0 Å². The van der Waals surface area contributed by atoms with Crippen LogP contribution in [-0.2, 0) is 0 Å². The summed E-state index contributed by atoms with van der Waals surface area (Å²) in [5.41, 5.74) is 1.59. The summed E-state index contributed by atoms with van der Waals surface area (Å²) in [5.74, 6) is 6.33. The third kappa shape index (κ3) is 1.63. The van der Waals surface area contributed by atoms with Gasteiger partial charge in [0.05, 0.1) is 5.60 Å². The Bertz CT molecular complexity index is 407. The molecule has 4 rings (SSSR count). The standard InChI is InChI=1S/C15H24OS/c1-14(16)6-11-5-12-7-15(9-14,8-13(11)12)10-17(2)3-4-17/h6,12-13,16H,3-5,7-10H2,1-2H3. The molecule has 3 aliphatic carbocycles. The molecule has 96 valence electrons. The van der Waals surface area contributed by atoms with Crippen molar-refractivity contribution in [3.8, 4) is 0 Å². The fourth-order valence-electron chi connectivity index (χ4n) is 5.07. The second-order valence-electron chi connectivity index (χ2n) is 7.76. The van der Waals surface area contributed by atoms with Gasteiger partial charge in [-0.25, -0.2) is 10.0 Å². The minimum atomic E-state index is -0.514. The molecule has 0 spiro atoms. The Balaban J connectivity index is 1.68. The molecular formula is C15H24OS. The highest BCUT2D eigenvalue weighted by molar-refractivity contribution is 8.38. The zero-order chi connectivity index (χ0) is 11.9. The molecule has 1 aliphatic heterocycles. The van der Waals surface area contributed by atoms with Crippen molar-refractivity contribution in [1.82, 2.24) is 0 Å². The Morgan fingerprint density at radius 2 is 2.18 bits per heavy atom. The number of hydrogen-bond acceptors (Lipinski definition) is 1. The van der Waals surface area contributed by atoms with E-state index >= 15 is 0 Å². The van der Waals surface area contributed by atoms with Crippen molar-refractivity contribution in [3.63, 3.8) is 0 Å². The van der Waals surface area contributed by atoms with Crippen molar-refractivity contribution in [2.75, 3.05) is 23.5 Å². The van der Waals surface area contributed by atoms with Crippen LogP contribution in [0.1, 0.15) is 32.6 Å². The lowest BCUT2D eigenvalue weighted by Gasteiger charge is -2.40. The summed E-state index contributed by atoms with van der Waals surface area (Å²) >= 11 is 0. The van der Waals surface area contributed by atoms with Gasteiger partial charge in [-0.2, -0.15) is 0 Å². The maximum atomic E-state index is 10.6. The Kier molecular flexibility index (Phi) is 1.90. The third-order valence-corrected chi connectivity index (χ3v) is 8.79. The second-order valence-corrected chi connectivity index (χ2v) is 11.8. The van der Waals surface area contributed by atoms with E-state index in [-0.39, 0.29) is 10.0 Å². The van der Waals surface area contributed by atoms with Crippen LogP contribution in [-0.4, -0.2) is 34.2 Å². The van der Waals surface area contributed by atoms with Crippen LogP contribution >= 0.6 is 10.0 Å². The van der Waals surface area contributed by atoms with Crippen LogP contribution in [0.25, 0.3) is 0 Å². The maximum Gasteiger partial charge on any atom is 0.0807 e. The smallest absolute Gasteiger partial charge is 0.0807 e. The lowest BCUT2D eigenvalue weighted by atomic mass is 9.69. The van der Waals surface area contributed by atoms with E-state index < -0.39 is 5.60 Å². The van der Waals surface area contributed by atoms with Crippen LogP contribution in [0.3, 0.4) is 0 Å². The highest BCUT2D eigenvalue weighted by atomic mass is 32.3. The molecule has 3 fully saturated rings. The van der Waals surface area contributed by atoms with Gasteiger partial charge in [-0.3, -0.25) is 0 Å². The van der Waals surface area contributed by atoms with E-state index in [1.807, 2.05) is 6.92 Å². The molecule has 0 aromatic heterocycles. The fraction of sp³-hybridized carbons (Fsp3) is 0.867. The highest BCUT2D eigenvalue weighted by Gasteiger charge is 2.57. The topological polar surface area (TPSA) is 20.2 Å². The fourth-order valence-corrected chi connectivity index (χ4v) is 8.31. The van der Waals surface area contributed by atoms with Gasteiger partial charge in [0.25, 0.3) is 0 Å². The van der Waals surface area contributed by atoms with E-state index in [0.29, 0.717) is 5.41 Å². The van der Waals surface area contributed by atoms with Crippen LogP contribution in [0.15, 0.2) is 11.6 Å². The van der Waals surface area contributed by atoms with Crippen LogP contribution in [0, 0.1) is 17.3 Å². The van der Waals surface area contributed by atoms with Crippen molar-refractivity contribution in [3.05, 3.63) is 11.6 Å². The Hall–Kier alpha value is 0.0500. The molecule has 1 N–H and O–H groups in total. The van der Waals surface area contributed by atoms with Crippen LogP contribution in [0.5, 0.6) is 0 Å². The van der Waals surface area contributed by atoms with Gasteiger partial charge in [0.1, 0.15) is 0 Å². The van der Waals surface area contributed by atoms with Gasteiger partial charge >= 0.3 is 0 Å². The number of aliphatic hydroxyl groups is 1. The molecule has 0 aromatic carbocycles. The van der Waals surface area contributed by atoms with Crippen molar-refractivity contribution in [2.24, 2.45) is 17.3 Å². The first-order valence-electron chi connectivity index (χ1n) is 7.04. The predicted molar refractivity (Wildman–Crippen MR) is 74.7 cm³/mol. The first-order valence-corrected chi connectivity index (χ1v) is 9.59. The Morgan fingerprint density at radius 3 is 2.88 bits per heavy atom. The quantitative estimate of drug-likeness (QED) is 0.592. The molecule has 4 unspecified atom stereocenters. The minimum Gasteiger partial charge on any atom is -0.386 e. The van der Waals surface area contributed by atoms with Gasteiger partial charge in [-0.15, -0.1) is 0 Å². The molecule has 1 heterocycles. The molecule has 4 atom stereocenters. The summed E-state index contributed by atoms with van der Waals surface area (Å²) in [5, 5.41) is 10.6. The first-order chi connectivity index (χ1) is 7.89. The van der Waals surface area contributed by atoms with E-state index in [1.54, 1.807) is 5.57 Å². The van der Waals surface area contributed by atoms with Gasteiger partial charge in [-0.05, 0) is 73.4 Å². The summed E-state index contributed by atoms with van der Waals surface area (Å²) < 4.78 is 0. The Morgan fingerprint density at radius 1 is 1.41 bits per heavy atom. The van der Waals surface area contributed by atoms with E-state index in [2.05, 4.69) is 12.3 Å². The molecule has 0 aromatic rings. The molecular weight excluding hydrogens is 228 g/mol. The van der Waals surface area contributed by atoms with Crippen molar-refractivity contribution in [1.29, 1.82) is 0 Å². The zero-order valence-corrected chi connectivity index (χ0v) is 11.9. The monoisotopic (exact) mass is 252 g/mol. The van der Waals surface area contributed by atoms with Crippen LogP contribution < -0.4 is 0 Å². The summed E-state index contributed by atoms with van der Waals surface area (Å²) in [7, 11) is -0.223. The number of rotatable bonds is 2. The van der Waals surface area contributed by atoms with E-state index in [4.69, 9.17) is 0 Å². The molecule has 2 heteroatoms. The summed E-state index contributed by atoms with van der Waals surface area (Å²) in [6, 6.07) is 0. The normalized spacial score (nSPS) is 55.6. The van der Waals surface area contributed by atoms with Gasteiger partial charge in [-0.1, -0.05) is 11.6 Å². The molecule has 2 saturated carbocycles. The first kappa shape index (κ1) is 10.9. The molecule has 1 saturated heterocycles. The Labute approximate surface area is 106 Å². The van der Waals surface area contributed by atoms with E-state index in [9.17, 15) is 5.11 Å². The third-order valence-electron chi connectivity index (χ3n) is 5.68. The molecule has 2 bridgehead atoms. The van der Waals surface area contributed by atoms with E-state index in [0.717, 1.165) is 18.3 Å². The molecule has 17 heavy (non-hydrogen) atoms. The zero-order valence-electron chi connectivity index (χ0n) is 11.0. The lowest BCUT2D eigenvalue weighted by Crippen LogP contribution is -2.36. The van der Waals surface area contributed by atoms with Gasteiger partial charge in [0, 0.05) is 0 Å². The SMILES string of the molecule is CC1(O)C=C2CC3CC(CS4(C)CC4)(CC23)C1. The van der Waals surface area contributed by atoms with Gasteiger partial charge < -0.3 is 5.11 Å². The maximum absolute atomic E-state index is 10.6. The van der Waals surface area contributed by atoms with Crippen molar-refractivity contribution in [2.45, 2.75) is 38.2 Å². The van der Waals surface area contributed by atoms with Gasteiger partial charge in [0.2, 0.25) is 0 Å². The molecule has 0 radical (unpaired) electrons. The molecule has 4 aliphatic rings. The highest BCUT2D eigenvalue weighted by Crippen LogP contribution is 2.70. The minimum absolute atomic E-state index is 0.223. The summed E-state index contributed by atoms with van der Waals surface area (Å²) in [6.07, 6.45) is 9.93. The van der Waals surface area contributed by atoms with Crippen LogP contribution in [0.2, 0.25) is 0 Å². The number of allylic oxidation sites excluding steroid dienone is 1. The number of hydrogen-bond donors (Lipinski definition) is 1. The predicted octanol–water partition coefficient (Wildman–Crippen LogP) is 2.93. The average molecular weight is 252 g/mol. The van der Waals surface area contributed by atoms with Crippen molar-refractivity contribution >= 4 is 10.0 Å². The molecule has 1 nitrogen and oxygen atoms in total. The largest absolute Gasteiger partial charge is 0.386 e. The van der Waals surface area contributed by atoms with Crippen molar-refractivity contribution < 1.29 is 5.11 Å².